The number of carboxylic acid groups (broad SMARTS) is 1. The van der Waals surface area contributed by atoms with E-state index in [4.69, 9.17) is 5.11 Å². The van der Waals surface area contributed by atoms with Gasteiger partial charge in [0.15, 0.2) is 0 Å². The van der Waals surface area contributed by atoms with Crippen molar-refractivity contribution >= 4 is 17.3 Å². The average molecular weight is 373 g/mol. The average Bonchev–Trinajstić information content (AvgIpc) is 3.14. The van der Waals surface area contributed by atoms with E-state index in [1.165, 1.54) is 28.4 Å². The molecule has 134 valence electrons. The molecule has 1 aromatic carbocycles. The van der Waals surface area contributed by atoms with Gasteiger partial charge in [-0.25, -0.2) is 4.39 Å². The van der Waals surface area contributed by atoms with Crippen molar-refractivity contribution < 1.29 is 27.5 Å². The molecule has 1 aromatic heterocycles. The van der Waals surface area contributed by atoms with Crippen LogP contribution in [0, 0.1) is 17.7 Å². The minimum atomic E-state index is -4.53. The smallest absolute Gasteiger partial charge is 0.393 e. The fourth-order valence-corrected chi connectivity index (χ4v) is 4.12. The van der Waals surface area contributed by atoms with Gasteiger partial charge in [0.05, 0.1) is 11.8 Å². The summed E-state index contributed by atoms with van der Waals surface area (Å²) in [4.78, 5) is 14.3. The van der Waals surface area contributed by atoms with Crippen molar-refractivity contribution in [3.8, 4) is 10.4 Å². The van der Waals surface area contributed by atoms with Crippen LogP contribution in [0.4, 0.5) is 17.6 Å². The first kappa shape index (κ1) is 17.9. The molecule has 1 fully saturated rings. The summed E-state index contributed by atoms with van der Waals surface area (Å²) >= 11 is 1.36. The van der Waals surface area contributed by atoms with Crippen molar-refractivity contribution in [2.75, 3.05) is 13.1 Å². The van der Waals surface area contributed by atoms with E-state index in [1.807, 2.05) is 0 Å². The Balaban J connectivity index is 1.72. The second kappa shape index (κ2) is 6.76. The zero-order valence-electron chi connectivity index (χ0n) is 13.0. The van der Waals surface area contributed by atoms with Crippen molar-refractivity contribution in [1.29, 1.82) is 0 Å². The van der Waals surface area contributed by atoms with Gasteiger partial charge in [-0.1, -0.05) is 12.1 Å². The van der Waals surface area contributed by atoms with Crippen molar-refractivity contribution in [1.82, 2.24) is 4.90 Å². The van der Waals surface area contributed by atoms with Crippen molar-refractivity contribution in [2.24, 2.45) is 11.8 Å². The Labute approximate surface area is 145 Å². The number of thiophene rings is 1. The second-order valence-electron chi connectivity index (χ2n) is 6.06. The summed E-state index contributed by atoms with van der Waals surface area (Å²) in [5.74, 6) is -5.07. The molecule has 3 rings (SSSR count). The number of benzene rings is 1. The molecule has 0 unspecified atom stereocenters. The summed E-state index contributed by atoms with van der Waals surface area (Å²) in [6.45, 7) is -0.212. The normalized spacial score (nSPS) is 21.6. The molecule has 25 heavy (non-hydrogen) atoms. The molecule has 1 aliphatic heterocycles. The van der Waals surface area contributed by atoms with Crippen LogP contribution in [0.5, 0.6) is 0 Å². The first-order chi connectivity index (χ1) is 11.7. The first-order valence-electron chi connectivity index (χ1n) is 7.60. The van der Waals surface area contributed by atoms with Crippen LogP contribution in [0.25, 0.3) is 10.4 Å². The highest BCUT2D eigenvalue weighted by molar-refractivity contribution is 7.15. The molecule has 0 radical (unpaired) electrons. The molecular formula is C17H15F4NO2S. The number of nitrogens with zero attached hydrogens (tertiary/aromatic N) is 1. The Kier molecular flexibility index (Phi) is 4.83. The number of carboxylic acids is 1. The van der Waals surface area contributed by atoms with E-state index >= 15 is 0 Å². The van der Waals surface area contributed by atoms with Gasteiger partial charge in [-0.2, -0.15) is 13.2 Å². The lowest BCUT2D eigenvalue weighted by molar-refractivity contribution is -0.188. The van der Waals surface area contributed by atoms with E-state index in [0.717, 1.165) is 9.75 Å². The van der Waals surface area contributed by atoms with Crippen LogP contribution in [-0.2, 0) is 11.3 Å². The van der Waals surface area contributed by atoms with Gasteiger partial charge in [0.25, 0.3) is 0 Å². The number of alkyl halides is 3. The molecule has 0 aliphatic carbocycles. The van der Waals surface area contributed by atoms with Gasteiger partial charge in [-0.3, -0.25) is 9.69 Å². The van der Waals surface area contributed by atoms with Crippen molar-refractivity contribution in [3.05, 3.63) is 47.1 Å². The minimum Gasteiger partial charge on any atom is -0.481 e. The molecule has 2 atom stereocenters. The lowest BCUT2D eigenvalue weighted by Gasteiger charge is -2.18. The Bertz CT molecular complexity index is 774. The van der Waals surface area contributed by atoms with Crippen LogP contribution in [0.2, 0.25) is 0 Å². The molecule has 2 heterocycles. The Morgan fingerprint density at radius 1 is 1.24 bits per heavy atom. The third kappa shape index (κ3) is 4.01. The third-order valence-electron chi connectivity index (χ3n) is 4.28. The molecular weight excluding hydrogens is 358 g/mol. The molecule has 0 amide bonds. The van der Waals surface area contributed by atoms with E-state index in [0.29, 0.717) is 5.56 Å². The van der Waals surface area contributed by atoms with E-state index in [1.54, 1.807) is 24.3 Å². The number of hydrogen-bond donors (Lipinski definition) is 1. The minimum absolute atomic E-state index is 0.132. The van der Waals surface area contributed by atoms with Crippen LogP contribution < -0.4 is 0 Å². The van der Waals surface area contributed by atoms with Crippen LogP contribution in [0.3, 0.4) is 0 Å². The standard InChI is InChI=1S/C17H15F4NO2S/c18-11-3-1-2-10(6-11)15-5-4-12(25-15)7-22-8-13(16(23)24)14(9-22)17(19,20)21/h1-6,13-14H,7-9H2,(H,23,24)/t13-,14-/m1/s1. The number of carbonyl (C=O) groups is 1. The van der Waals surface area contributed by atoms with Crippen LogP contribution >= 0.6 is 11.3 Å². The molecule has 0 saturated carbocycles. The Morgan fingerprint density at radius 3 is 2.60 bits per heavy atom. The van der Waals surface area contributed by atoms with E-state index in [9.17, 15) is 22.4 Å². The summed E-state index contributed by atoms with van der Waals surface area (Å²) in [5, 5.41) is 9.05. The molecule has 1 N–H and O–H groups in total. The maximum Gasteiger partial charge on any atom is 0.393 e. The maximum absolute atomic E-state index is 13.3. The fourth-order valence-electron chi connectivity index (χ4n) is 3.08. The lowest BCUT2D eigenvalue weighted by atomic mass is 9.96. The zero-order valence-corrected chi connectivity index (χ0v) is 13.8. The second-order valence-corrected chi connectivity index (χ2v) is 7.23. The summed E-state index contributed by atoms with van der Waals surface area (Å²) in [6, 6.07) is 9.66. The van der Waals surface area contributed by atoms with Gasteiger partial charge < -0.3 is 5.11 Å². The van der Waals surface area contributed by atoms with E-state index < -0.39 is 24.0 Å². The Hall–Kier alpha value is -1.93. The summed E-state index contributed by atoms with van der Waals surface area (Å²) in [5.41, 5.74) is 0.703. The number of aliphatic carboxylic acids is 1. The predicted molar refractivity (Wildman–Crippen MR) is 85.7 cm³/mol. The number of likely N-dealkylation sites (tertiary alicyclic amines) is 1. The van der Waals surface area contributed by atoms with Gasteiger partial charge >= 0.3 is 12.1 Å². The topological polar surface area (TPSA) is 40.5 Å². The summed E-state index contributed by atoms with van der Waals surface area (Å²) < 4.78 is 52.4. The number of rotatable bonds is 4. The van der Waals surface area contributed by atoms with Gasteiger partial charge in [0.1, 0.15) is 5.82 Å². The number of halogens is 4. The molecule has 0 spiro atoms. The third-order valence-corrected chi connectivity index (χ3v) is 5.40. The van der Waals surface area contributed by atoms with Crippen molar-refractivity contribution in [2.45, 2.75) is 12.7 Å². The largest absolute Gasteiger partial charge is 0.481 e. The van der Waals surface area contributed by atoms with Crippen LogP contribution in [0.15, 0.2) is 36.4 Å². The first-order valence-corrected chi connectivity index (χ1v) is 8.42. The van der Waals surface area contributed by atoms with Gasteiger partial charge in [0, 0.05) is 29.4 Å². The monoisotopic (exact) mass is 373 g/mol. The predicted octanol–water partition coefficient (Wildman–Crippen LogP) is 4.25. The molecule has 1 aliphatic rings. The summed E-state index contributed by atoms with van der Waals surface area (Å²) in [6.07, 6.45) is -4.53. The highest BCUT2D eigenvalue weighted by Crippen LogP contribution is 2.39. The fraction of sp³-hybridized carbons (Fsp3) is 0.353. The molecule has 3 nitrogen and oxygen atoms in total. The van der Waals surface area contributed by atoms with Gasteiger partial charge in [-0.05, 0) is 29.8 Å². The SMILES string of the molecule is O=C(O)[C@@H]1CN(Cc2ccc(-c3cccc(F)c3)s2)C[C@H]1C(F)(F)F. The van der Waals surface area contributed by atoms with E-state index in [2.05, 4.69) is 0 Å². The molecule has 1 saturated heterocycles. The zero-order chi connectivity index (χ0) is 18.2. The Morgan fingerprint density at radius 2 is 2.00 bits per heavy atom. The molecule has 2 aromatic rings. The highest BCUT2D eigenvalue weighted by atomic mass is 32.1. The summed E-state index contributed by atoms with van der Waals surface area (Å²) in [7, 11) is 0. The quantitative estimate of drug-likeness (QED) is 0.815. The van der Waals surface area contributed by atoms with Crippen LogP contribution in [0.1, 0.15) is 4.88 Å². The number of hydrogen-bond acceptors (Lipinski definition) is 3. The van der Waals surface area contributed by atoms with Gasteiger partial charge in [0.2, 0.25) is 0 Å². The maximum atomic E-state index is 13.3. The molecule has 8 heteroatoms. The highest BCUT2D eigenvalue weighted by Gasteiger charge is 2.52. The molecule has 0 bridgehead atoms. The lowest BCUT2D eigenvalue weighted by Crippen LogP contribution is -2.33. The van der Waals surface area contributed by atoms with E-state index in [-0.39, 0.29) is 25.5 Å². The van der Waals surface area contributed by atoms with Crippen molar-refractivity contribution in [3.63, 3.8) is 0 Å². The van der Waals surface area contributed by atoms with Crippen LogP contribution in [-0.4, -0.2) is 35.2 Å². The van der Waals surface area contributed by atoms with Gasteiger partial charge in [-0.15, -0.1) is 11.3 Å².